The number of methoxy groups -OCH3 is 1. The van der Waals surface area contributed by atoms with Crippen LogP contribution in [0.3, 0.4) is 0 Å². The summed E-state index contributed by atoms with van der Waals surface area (Å²) in [7, 11) is 1.57. The van der Waals surface area contributed by atoms with E-state index in [0.29, 0.717) is 17.0 Å². The molecule has 6 nitrogen and oxygen atoms in total. The summed E-state index contributed by atoms with van der Waals surface area (Å²) in [5.41, 5.74) is 2.06. The minimum absolute atomic E-state index is 0.102. The Bertz CT molecular complexity index is 951. The van der Waals surface area contributed by atoms with Crippen LogP contribution in [0.15, 0.2) is 48.0 Å². The van der Waals surface area contributed by atoms with Crippen LogP contribution in [-0.4, -0.2) is 25.0 Å². The van der Waals surface area contributed by atoms with Gasteiger partial charge in [-0.05, 0) is 70.5 Å². The largest absolute Gasteiger partial charge is 0.496 e. The van der Waals surface area contributed by atoms with E-state index in [1.807, 2.05) is 19.1 Å². The molecule has 1 aliphatic rings. The van der Waals surface area contributed by atoms with E-state index in [4.69, 9.17) is 4.74 Å². The molecule has 0 bridgehead atoms. The van der Waals surface area contributed by atoms with Crippen LogP contribution >= 0.6 is 22.6 Å². The first-order valence-electron chi connectivity index (χ1n) is 8.28. The summed E-state index contributed by atoms with van der Waals surface area (Å²) in [6.07, 6.45) is 2.32. The molecule has 0 radical (unpaired) electrons. The first kappa shape index (κ1) is 19.1. The van der Waals surface area contributed by atoms with Crippen LogP contribution in [0.5, 0.6) is 5.75 Å². The molecule has 1 N–H and O–H groups in total. The molecular formula is C20H17IN2O4. The van der Waals surface area contributed by atoms with Crippen molar-refractivity contribution >= 4 is 52.2 Å². The quantitative estimate of drug-likeness (QED) is 0.417. The van der Waals surface area contributed by atoms with E-state index in [1.54, 1.807) is 37.4 Å². The Labute approximate surface area is 170 Å². The van der Waals surface area contributed by atoms with Gasteiger partial charge < -0.3 is 4.74 Å². The number of nitrogens with zero attached hydrogens (tertiary/aromatic N) is 1. The van der Waals surface area contributed by atoms with Crippen molar-refractivity contribution < 1.29 is 19.1 Å². The van der Waals surface area contributed by atoms with Crippen molar-refractivity contribution in [2.45, 2.75) is 13.3 Å². The lowest BCUT2D eigenvalue weighted by Gasteiger charge is -2.26. The summed E-state index contributed by atoms with van der Waals surface area (Å²) in [5.74, 6) is -0.666. The maximum Gasteiger partial charge on any atom is 0.335 e. The Kier molecular flexibility index (Phi) is 5.59. The summed E-state index contributed by atoms with van der Waals surface area (Å²) in [6.45, 7) is 2.02. The minimum Gasteiger partial charge on any atom is -0.496 e. The molecule has 2 aromatic rings. The van der Waals surface area contributed by atoms with E-state index < -0.39 is 17.8 Å². The maximum atomic E-state index is 12.9. The summed E-state index contributed by atoms with van der Waals surface area (Å²) in [4.78, 5) is 38.3. The van der Waals surface area contributed by atoms with Gasteiger partial charge in [0.1, 0.15) is 11.3 Å². The fraction of sp³-hybridized carbons (Fsp3) is 0.150. The van der Waals surface area contributed by atoms with Gasteiger partial charge in [0, 0.05) is 0 Å². The predicted octanol–water partition coefficient (Wildman–Crippen LogP) is 3.53. The number of rotatable bonds is 4. The zero-order valence-electron chi connectivity index (χ0n) is 14.8. The van der Waals surface area contributed by atoms with Crippen LogP contribution in [-0.2, 0) is 16.0 Å². The van der Waals surface area contributed by atoms with Crippen LogP contribution < -0.4 is 15.0 Å². The van der Waals surface area contributed by atoms with Crippen LogP contribution in [0.25, 0.3) is 6.08 Å². The van der Waals surface area contributed by atoms with E-state index >= 15 is 0 Å². The second-order valence-corrected chi connectivity index (χ2v) is 7.03. The first-order chi connectivity index (χ1) is 12.9. The number of hydrogen-bond acceptors (Lipinski definition) is 4. The molecule has 1 saturated heterocycles. The van der Waals surface area contributed by atoms with Gasteiger partial charge in [0.05, 0.1) is 16.4 Å². The molecule has 2 aromatic carbocycles. The van der Waals surface area contributed by atoms with Gasteiger partial charge in [-0.2, -0.15) is 0 Å². The van der Waals surface area contributed by atoms with E-state index in [9.17, 15) is 14.4 Å². The topological polar surface area (TPSA) is 75.7 Å². The number of imide groups is 2. The van der Waals surface area contributed by atoms with Crippen LogP contribution in [0, 0.1) is 3.57 Å². The molecule has 138 valence electrons. The lowest BCUT2D eigenvalue weighted by Crippen LogP contribution is -2.54. The molecule has 1 aliphatic heterocycles. The highest BCUT2D eigenvalue weighted by molar-refractivity contribution is 14.1. The van der Waals surface area contributed by atoms with E-state index in [-0.39, 0.29) is 5.57 Å². The maximum absolute atomic E-state index is 12.9. The highest BCUT2D eigenvalue weighted by Crippen LogP contribution is 2.25. The molecule has 0 aromatic heterocycles. The summed E-state index contributed by atoms with van der Waals surface area (Å²) < 4.78 is 6.06. The minimum atomic E-state index is -0.754. The highest BCUT2D eigenvalue weighted by Gasteiger charge is 2.36. The molecular weight excluding hydrogens is 459 g/mol. The van der Waals surface area contributed by atoms with Crippen molar-refractivity contribution in [2.75, 3.05) is 12.0 Å². The monoisotopic (exact) mass is 476 g/mol. The van der Waals surface area contributed by atoms with Gasteiger partial charge in [0.15, 0.2) is 0 Å². The van der Waals surface area contributed by atoms with Gasteiger partial charge in [0.2, 0.25) is 0 Å². The van der Waals surface area contributed by atoms with Gasteiger partial charge in [0.25, 0.3) is 11.8 Å². The lowest BCUT2D eigenvalue weighted by molar-refractivity contribution is -0.122. The number of anilines is 1. The molecule has 0 aliphatic carbocycles. The normalized spacial score (nSPS) is 15.9. The SMILES string of the molecule is CCc1ccc(N2C(=O)NC(=O)/C(=C/c3ccc(OC)c(I)c3)C2=O)cc1. The zero-order chi connectivity index (χ0) is 19.6. The number of carbonyl (C=O) groups excluding carboxylic acids is 3. The average Bonchev–Trinajstić information content (AvgIpc) is 2.65. The number of hydrogen-bond donors (Lipinski definition) is 1. The number of aryl methyl sites for hydroxylation is 1. The lowest BCUT2D eigenvalue weighted by atomic mass is 10.1. The molecule has 0 unspecified atom stereocenters. The standard InChI is InChI=1S/C20H17IN2O4/c1-3-12-4-7-14(8-5-12)23-19(25)15(18(24)22-20(23)26)10-13-6-9-17(27-2)16(21)11-13/h4-11H,3H2,1-2H3,(H,22,24,26)/b15-10-. The molecule has 7 heteroatoms. The second kappa shape index (κ2) is 7.91. The molecule has 1 heterocycles. The highest BCUT2D eigenvalue weighted by atomic mass is 127. The number of halogens is 1. The van der Waals surface area contributed by atoms with Gasteiger partial charge in [-0.25, -0.2) is 9.69 Å². The summed E-state index contributed by atoms with van der Waals surface area (Å²) >= 11 is 2.11. The molecule has 0 spiro atoms. The Balaban J connectivity index is 1.97. The fourth-order valence-corrected chi connectivity index (χ4v) is 3.47. The number of carbonyl (C=O) groups is 3. The summed E-state index contributed by atoms with van der Waals surface area (Å²) in [5, 5.41) is 2.23. The average molecular weight is 476 g/mol. The third kappa shape index (κ3) is 3.87. The van der Waals surface area contributed by atoms with Crippen molar-refractivity contribution in [1.29, 1.82) is 0 Å². The Morgan fingerprint density at radius 3 is 2.41 bits per heavy atom. The van der Waals surface area contributed by atoms with Gasteiger partial charge in [-0.1, -0.05) is 25.1 Å². The number of urea groups is 1. The number of nitrogens with one attached hydrogen (secondary N) is 1. The number of barbiturate groups is 1. The van der Waals surface area contributed by atoms with E-state index in [1.165, 1.54) is 6.08 Å². The van der Waals surface area contributed by atoms with Crippen molar-refractivity contribution in [2.24, 2.45) is 0 Å². The second-order valence-electron chi connectivity index (χ2n) is 5.87. The first-order valence-corrected chi connectivity index (χ1v) is 9.36. The number of amides is 4. The van der Waals surface area contributed by atoms with Crippen LogP contribution in [0.2, 0.25) is 0 Å². The molecule has 0 saturated carbocycles. The Hall–Kier alpha value is -2.68. The molecule has 27 heavy (non-hydrogen) atoms. The number of benzene rings is 2. The summed E-state index contributed by atoms with van der Waals surface area (Å²) in [6, 6.07) is 11.6. The molecule has 3 rings (SSSR count). The van der Waals surface area contributed by atoms with Crippen LogP contribution in [0.4, 0.5) is 10.5 Å². The molecule has 4 amide bonds. The number of ether oxygens (including phenoxy) is 1. The van der Waals surface area contributed by atoms with Gasteiger partial charge in [-0.15, -0.1) is 0 Å². The van der Waals surface area contributed by atoms with Crippen molar-refractivity contribution in [3.8, 4) is 5.75 Å². The molecule has 0 atom stereocenters. The third-order valence-electron chi connectivity index (χ3n) is 4.19. The van der Waals surface area contributed by atoms with Gasteiger partial charge >= 0.3 is 6.03 Å². The van der Waals surface area contributed by atoms with E-state index in [2.05, 4.69) is 27.9 Å². The van der Waals surface area contributed by atoms with Crippen molar-refractivity contribution in [3.63, 3.8) is 0 Å². The third-order valence-corrected chi connectivity index (χ3v) is 5.03. The van der Waals surface area contributed by atoms with Crippen LogP contribution in [0.1, 0.15) is 18.1 Å². The van der Waals surface area contributed by atoms with E-state index in [0.717, 1.165) is 20.5 Å². The fourth-order valence-electron chi connectivity index (χ4n) is 2.71. The smallest absolute Gasteiger partial charge is 0.335 e. The molecule has 1 fully saturated rings. The predicted molar refractivity (Wildman–Crippen MR) is 111 cm³/mol. The Morgan fingerprint density at radius 2 is 1.81 bits per heavy atom. The van der Waals surface area contributed by atoms with Crippen molar-refractivity contribution in [1.82, 2.24) is 5.32 Å². The van der Waals surface area contributed by atoms with Crippen molar-refractivity contribution in [3.05, 3.63) is 62.7 Å². The Morgan fingerprint density at radius 1 is 1.11 bits per heavy atom. The van der Waals surface area contributed by atoms with Gasteiger partial charge in [-0.3, -0.25) is 14.9 Å². The zero-order valence-corrected chi connectivity index (χ0v) is 16.9.